The third kappa shape index (κ3) is 2.82. The number of amides is 1. The average Bonchev–Trinajstić information content (AvgIpc) is 3.03. The van der Waals surface area contributed by atoms with Crippen LogP contribution < -0.4 is 5.32 Å². The first-order valence-corrected chi connectivity index (χ1v) is 10.0. The van der Waals surface area contributed by atoms with Crippen LogP contribution in [0.2, 0.25) is 5.28 Å². The lowest BCUT2D eigenvalue weighted by Crippen LogP contribution is -2.44. The molecule has 1 saturated heterocycles. The van der Waals surface area contributed by atoms with Gasteiger partial charge in [-0.3, -0.25) is 4.79 Å². The van der Waals surface area contributed by atoms with Crippen LogP contribution in [-0.2, 0) is 9.53 Å². The summed E-state index contributed by atoms with van der Waals surface area (Å²) in [7, 11) is 0. The van der Waals surface area contributed by atoms with E-state index in [1.165, 1.54) is 18.7 Å². The van der Waals surface area contributed by atoms with Gasteiger partial charge in [0, 0.05) is 17.9 Å². The van der Waals surface area contributed by atoms with E-state index in [9.17, 15) is 20.1 Å². The fraction of sp³-hybridized carbons (Fsp3) is 0.562. The van der Waals surface area contributed by atoms with Gasteiger partial charge in [0.25, 0.3) is 0 Å². The number of hydrogen-bond donors (Lipinski definition) is 4. The van der Waals surface area contributed by atoms with Gasteiger partial charge < -0.3 is 29.9 Å². The van der Waals surface area contributed by atoms with Crippen LogP contribution in [0.5, 0.6) is 0 Å². The number of aliphatic hydroxyl groups excluding tert-OH is 2. The van der Waals surface area contributed by atoms with Crippen molar-refractivity contribution in [3.05, 3.63) is 17.0 Å². The smallest absolute Gasteiger partial charge is 0.227 e. The maximum atomic E-state index is 12.2. The Morgan fingerprint density at radius 1 is 1.52 bits per heavy atom. The van der Waals surface area contributed by atoms with Crippen molar-refractivity contribution in [3.8, 4) is 0 Å². The van der Waals surface area contributed by atoms with E-state index >= 15 is 0 Å². The Labute approximate surface area is 163 Å². The summed E-state index contributed by atoms with van der Waals surface area (Å²) < 4.78 is 7.31. The maximum absolute atomic E-state index is 12.2. The molecule has 2 aromatic rings. The number of carbonyl (C=O) groups is 1. The van der Waals surface area contributed by atoms with Crippen LogP contribution in [0, 0.1) is 0 Å². The second kappa shape index (κ2) is 6.57. The fourth-order valence-corrected chi connectivity index (χ4v) is 4.64. The summed E-state index contributed by atoms with van der Waals surface area (Å²) in [5.74, 6) is 0.130. The zero-order chi connectivity index (χ0) is 19.5. The van der Waals surface area contributed by atoms with E-state index in [1.807, 2.05) is 6.26 Å². The Bertz CT molecular complexity index is 920. The van der Waals surface area contributed by atoms with Crippen LogP contribution in [-0.4, -0.2) is 66.4 Å². The molecule has 2 aromatic heterocycles. The highest BCUT2D eigenvalue weighted by atomic mass is 35.5. The van der Waals surface area contributed by atoms with Crippen LogP contribution in [0.15, 0.2) is 6.20 Å². The van der Waals surface area contributed by atoms with Gasteiger partial charge in [-0.2, -0.15) is 21.7 Å². The topological polar surface area (TPSA) is 130 Å². The van der Waals surface area contributed by atoms with Crippen LogP contribution in [0.25, 0.3) is 11.0 Å². The number of ether oxygens (including phenoxy) is 1. The largest absolute Gasteiger partial charge is 0.394 e. The average molecular weight is 415 g/mol. The number of nitrogens with one attached hydrogen (secondary N) is 1. The molecule has 27 heavy (non-hydrogen) atoms. The van der Waals surface area contributed by atoms with E-state index in [4.69, 9.17) is 16.3 Å². The number of nitrogens with zero attached hydrogens (tertiary/aromatic N) is 3. The van der Waals surface area contributed by atoms with E-state index in [-0.39, 0.29) is 22.9 Å². The second-order valence-electron chi connectivity index (χ2n) is 6.89. The number of aliphatic hydroxyl groups is 3. The molecule has 0 radical (unpaired) electrons. The number of aromatic nitrogens is 3. The minimum absolute atomic E-state index is 0.0665. The Kier molecular flexibility index (Phi) is 4.60. The number of anilines is 1. The molecule has 0 aliphatic carbocycles. The first-order valence-electron chi connectivity index (χ1n) is 8.35. The molecule has 2 aliphatic rings. The van der Waals surface area contributed by atoms with Crippen molar-refractivity contribution in [2.45, 2.75) is 42.6 Å². The molecule has 0 aromatic carbocycles. The third-order valence-corrected chi connectivity index (χ3v) is 6.28. The highest BCUT2D eigenvalue weighted by molar-refractivity contribution is 7.98. The van der Waals surface area contributed by atoms with Crippen molar-refractivity contribution >= 4 is 46.1 Å². The first-order chi connectivity index (χ1) is 12.8. The lowest BCUT2D eigenvalue weighted by atomic mass is 9.96. The Morgan fingerprint density at radius 3 is 2.89 bits per heavy atom. The van der Waals surface area contributed by atoms with Gasteiger partial charge in [-0.15, -0.1) is 0 Å². The summed E-state index contributed by atoms with van der Waals surface area (Å²) >= 11 is 7.57. The van der Waals surface area contributed by atoms with Crippen LogP contribution >= 0.6 is 23.4 Å². The quantitative estimate of drug-likeness (QED) is 0.543. The van der Waals surface area contributed by atoms with Gasteiger partial charge in [0.05, 0.1) is 12.0 Å². The minimum Gasteiger partial charge on any atom is -0.394 e. The molecule has 0 bridgehead atoms. The van der Waals surface area contributed by atoms with Crippen molar-refractivity contribution in [1.82, 2.24) is 14.5 Å². The van der Waals surface area contributed by atoms with Crippen molar-refractivity contribution in [2.24, 2.45) is 0 Å². The molecule has 2 aliphatic heterocycles. The van der Waals surface area contributed by atoms with Gasteiger partial charge in [0.1, 0.15) is 29.3 Å². The van der Waals surface area contributed by atoms with Crippen molar-refractivity contribution < 1.29 is 24.9 Å². The molecule has 4 heterocycles. The SMILES string of the molecule is CSC1CC(=O)Nc2nc(Cl)nc3c2c1cn3C1O[C@H](CO)[C@@H](O)[C@@]1(C)O. The molecular weight excluding hydrogens is 396 g/mol. The summed E-state index contributed by atoms with van der Waals surface area (Å²) in [6.45, 7) is 0.997. The highest BCUT2D eigenvalue weighted by Gasteiger charge is 2.53. The van der Waals surface area contributed by atoms with E-state index in [1.54, 1.807) is 10.8 Å². The number of halogens is 1. The summed E-state index contributed by atoms with van der Waals surface area (Å²) in [4.78, 5) is 20.6. The van der Waals surface area contributed by atoms with E-state index < -0.39 is 30.6 Å². The maximum Gasteiger partial charge on any atom is 0.227 e. The number of thioether (sulfide) groups is 1. The molecule has 11 heteroatoms. The van der Waals surface area contributed by atoms with Crippen molar-refractivity contribution in [2.75, 3.05) is 18.2 Å². The van der Waals surface area contributed by atoms with Gasteiger partial charge in [-0.1, -0.05) is 0 Å². The van der Waals surface area contributed by atoms with Gasteiger partial charge in [-0.25, -0.2) is 0 Å². The molecule has 0 saturated carbocycles. The normalized spacial score (nSPS) is 33.3. The van der Waals surface area contributed by atoms with Gasteiger partial charge in [0.15, 0.2) is 6.23 Å². The molecular formula is C16H19ClN4O5S. The summed E-state index contributed by atoms with van der Waals surface area (Å²) in [5.41, 5.74) is -0.489. The summed E-state index contributed by atoms with van der Waals surface area (Å²) in [5, 5.41) is 33.7. The monoisotopic (exact) mass is 414 g/mol. The first kappa shape index (κ1) is 18.9. The molecule has 5 atom stereocenters. The van der Waals surface area contributed by atoms with Crippen molar-refractivity contribution in [3.63, 3.8) is 0 Å². The minimum atomic E-state index is -1.67. The Hall–Kier alpha value is -1.43. The molecule has 2 unspecified atom stereocenters. The van der Waals surface area contributed by atoms with E-state index in [0.717, 1.165) is 5.56 Å². The summed E-state index contributed by atoms with van der Waals surface area (Å²) in [6, 6.07) is 0. The standard InChI is InChI=1S/C16H19ClN4O5S/c1-16(25)11(24)7(5-22)26-14(16)21-4-6-8(27-2)3-9(23)18-12-10(6)13(21)20-15(17)19-12/h4,7-8,11,14,22,24-25H,3,5H2,1-2H3,(H,18,19,20,23)/t7-,8?,11-,14?,16-/m1/s1. The predicted molar refractivity (Wildman–Crippen MR) is 99.7 cm³/mol. The van der Waals surface area contributed by atoms with Gasteiger partial charge in [-0.05, 0) is 30.3 Å². The van der Waals surface area contributed by atoms with Gasteiger partial charge >= 0.3 is 0 Å². The molecule has 4 N–H and O–H groups in total. The third-order valence-electron chi connectivity index (χ3n) is 5.12. The highest BCUT2D eigenvalue weighted by Crippen LogP contribution is 2.45. The van der Waals surface area contributed by atoms with E-state index in [0.29, 0.717) is 16.9 Å². The Morgan fingerprint density at radius 2 is 2.26 bits per heavy atom. The molecule has 9 nitrogen and oxygen atoms in total. The Balaban J connectivity index is 1.95. The lowest BCUT2D eigenvalue weighted by molar-refractivity contribution is -0.116. The molecule has 1 amide bonds. The van der Waals surface area contributed by atoms with Crippen molar-refractivity contribution in [1.29, 1.82) is 0 Å². The molecule has 146 valence electrons. The number of rotatable bonds is 3. The summed E-state index contributed by atoms with van der Waals surface area (Å²) in [6.07, 6.45) is 0.666. The van der Waals surface area contributed by atoms with Crippen LogP contribution in [0.3, 0.4) is 0 Å². The van der Waals surface area contributed by atoms with Crippen LogP contribution in [0.1, 0.15) is 30.4 Å². The zero-order valence-corrected chi connectivity index (χ0v) is 16.2. The fourth-order valence-electron chi connectivity index (χ4n) is 3.73. The zero-order valence-electron chi connectivity index (χ0n) is 14.6. The molecule has 4 rings (SSSR count). The molecule has 1 fully saturated rings. The number of carbonyl (C=O) groups excluding carboxylic acids is 1. The van der Waals surface area contributed by atoms with E-state index in [2.05, 4.69) is 15.3 Å². The second-order valence-corrected chi connectivity index (χ2v) is 8.27. The van der Waals surface area contributed by atoms with Crippen LogP contribution in [0.4, 0.5) is 5.82 Å². The number of hydrogen-bond acceptors (Lipinski definition) is 8. The molecule has 0 spiro atoms. The lowest BCUT2D eigenvalue weighted by Gasteiger charge is -2.27. The predicted octanol–water partition coefficient (Wildman–Crippen LogP) is 0.833. The van der Waals surface area contributed by atoms with Gasteiger partial charge in [0.2, 0.25) is 11.2 Å².